The topological polar surface area (TPSA) is 44.5 Å². The predicted molar refractivity (Wildman–Crippen MR) is 65.7 cm³/mol. The molecule has 0 aromatic heterocycles. The molecule has 2 N–H and O–H groups in total. The van der Waals surface area contributed by atoms with E-state index in [4.69, 9.17) is 10.6 Å². The Hall–Kier alpha value is -1.06. The molecule has 0 aliphatic heterocycles. The Labute approximate surface area is 97.5 Å². The molecule has 0 unspecified atom stereocenters. The number of aryl methyl sites for hydroxylation is 1. The van der Waals surface area contributed by atoms with Gasteiger partial charge in [-0.2, -0.15) is 0 Å². The monoisotopic (exact) mass is 223 g/mol. The Kier molecular flexibility index (Phi) is 4.77. The first-order valence-electron chi connectivity index (χ1n) is 5.59. The summed E-state index contributed by atoms with van der Waals surface area (Å²) < 4.78 is 5.49. The third-order valence-corrected chi connectivity index (χ3v) is 2.75. The second-order valence-corrected chi connectivity index (χ2v) is 4.26. The van der Waals surface area contributed by atoms with E-state index in [2.05, 4.69) is 37.7 Å². The molecule has 3 heteroatoms. The van der Waals surface area contributed by atoms with Crippen LogP contribution >= 0.6 is 0 Å². The minimum absolute atomic E-state index is 0.433. The minimum Gasteiger partial charge on any atom is -0.496 e. The number of rotatable bonds is 5. The van der Waals surface area contributed by atoms with E-state index in [1.807, 2.05) is 0 Å². The number of nitrogens with two attached hydrogens (primary N) is 1. The lowest BCUT2D eigenvalue weighted by atomic mass is 9.92. The summed E-state index contributed by atoms with van der Waals surface area (Å²) in [5.74, 6) is 6.50. The average Bonchev–Trinajstić information content (AvgIpc) is 2.26. The van der Waals surface area contributed by atoms with Crippen LogP contribution in [0.5, 0.6) is 5.75 Å². The molecule has 0 heterocycles. The fraction of sp³-hybridized carbons (Fsp3) is 0.538. The van der Waals surface area contributed by atoms with Gasteiger partial charge in [-0.25, -0.2) is 5.90 Å². The van der Waals surface area contributed by atoms with Crippen LogP contribution in [0.4, 0.5) is 0 Å². The van der Waals surface area contributed by atoms with Crippen molar-refractivity contribution in [3.8, 4) is 5.75 Å². The second-order valence-electron chi connectivity index (χ2n) is 4.26. The Morgan fingerprint density at radius 1 is 1.31 bits per heavy atom. The molecule has 0 saturated heterocycles. The number of methoxy groups -OCH3 is 1. The summed E-state index contributed by atoms with van der Waals surface area (Å²) in [6.45, 7) is 6.94. The maximum Gasteiger partial charge on any atom is 0.125 e. The maximum absolute atomic E-state index is 5.49. The molecule has 1 aromatic carbocycles. The first-order valence-corrected chi connectivity index (χ1v) is 5.59. The lowest BCUT2D eigenvalue weighted by molar-refractivity contribution is 0.141. The van der Waals surface area contributed by atoms with E-state index in [0.29, 0.717) is 12.5 Å². The fourth-order valence-corrected chi connectivity index (χ4v) is 2.04. The average molecular weight is 223 g/mol. The highest BCUT2D eigenvalue weighted by Crippen LogP contribution is 2.33. The molecule has 90 valence electrons. The molecule has 0 saturated carbocycles. The lowest BCUT2D eigenvalue weighted by Crippen LogP contribution is -2.08. The molecule has 1 aromatic rings. The molecule has 0 aliphatic carbocycles. The molecule has 0 fully saturated rings. The van der Waals surface area contributed by atoms with Crippen LogP contribution in [0.2, 0.25) is 0 Å². The zero-order chi connectivity index (χ0) is 12.1. The molecule has 3 nitrogen and oxygen atoms in total. The molecule has 0 bridgehead atoms. The molecule has 1 rings (SSSR count). The first kappa shape index (κ1) is 13.0. The third kappa shape index (κ3) is 2.74. The van der Waals surface area contributed by atoms with Gasteiger partial charge >= 0.3 is 0 Å². The standard InChI is InChI=1S/C13H21NO2/c1-9(2)12-11(7-8-16-14)6-5-10(3)13(12)15-4/h5-6,9H,7-8,14H2,1-4H3. The van der Waals surface area contributed by atoms with E-state index in [9.17, 15) is 0 Å². The van der Waals surface area contributed by atoms with E-state index in [0.717, 1.165) is 12.2 Å². The Balaban J connectivity index is 3.16. The van der Waals surface area contributed by atoms with Gasteiger partial charge in [0, 0.05) is 5.56 Å². The second kappa shape index (κ2) is 5.87. The molecule has 16 heavy (non-hydrogen) atoms. The summed E-state index contributed by atoms with van der Waals surface area (Å²) in [5.41, 5.74) is 3.69. The fourth-order valence-electron chi connectivity index (χ4n) is 2.04. The molecule has 0 radical (unpaired) electrons. The molecule has 0 aliphatic rings. The zero-order valence-corrected chi connectivity index (χ0v) is 10.5. The SMILES string of the molecule is COc1c(C)ccc(CCON)c1C(C)C. The summed E-state index contributed by atoms with van der Waals surface area (Å²) in [7, 11) is 1.72. The van der Waals surface area contributed by atoms with E-state index >= 15 is 0 Å². The van der Waals surface area contributed by atoms with Crippen molar-refractivity contribution >= 4 is 0 Å². The van der Waals surface area contributed by atoms with Crippen molar-refractivity contribution in [2.45, 2.75) is 33.1 Å². The highest BCUT2D eigenvalue weighted by molar-refractivity contribution is 5.47. The molecule has 0 amide bonds. The van der Waals surface area contributed by atoms with Gasteiger partial charge < -0.3 is 9.57 Å². The van der Waals surface area contributed by atoms with Crippen molar-refractivity contribution in [1.82, 2.24) is 0 Å². The van der Waals surface area contributed by atoms with Crippen molar-refractivity contribution in [3.05, 3.63) is 28.8 Å². The smallest absolute Gasteiger partial charge is 0.125 e. The van der Waals surface area contributed by atoms with Crippen LogP contribution < -0.4 is 10.6 Å². The zero-order valence-electron chi connectivity index (χ0n) is 10.5. The van der Waals surface area contributed by atoms with Crippen LogP contribution in [0.15, 0.2) is 12.1 Å². The Morgan fingerprint density at radius 3 is 2.50 bits per heavy atom. The summed E-state index contributed by atoms with van der Waals surface area (Å²) in [6.07, 6.45) is 0.820. The van der Waals surface area contributed by atoms with Gasteiger partial charge in [-0.1, -0.05) is 26.0 Å². The van der Waals surface area contributed by atoms with Gasteiger partial charge in [0.15, 0.2) is 0 Å². The third-order valence-electron chi connectivity index (χ3n) is 2.75. The normalized spacial score (nSPS) is 10.9. The van der Waals surface area contributed by atoms with E-state index < -0.39 is 0 Å². The summed E-state index contributed by atoms with van der Waals surface area (Å²) >= 11 is 0. The quantitative estimate of drug-likeness (QED) is 0.780. The highest BCUT2D eigenvalue weighted by atomic mass is 16.6. The molecular formula is C13H21NO2. The van der Waals surface area contributed by atoms with Crippen molar-refractivity contribution in [1.29, 1.82) is 0 Å². The van der Waals surface area contributed by atoms with Crippen molar-refractivity contribution in [2.24, 2.45) is 5.90 Å². The molecule has 0 atom stereocenters. The van der Waals surface area contributed by atoms with Crippen molar-refractivity contribution in [3.63, 3.8) is 0 Å². The number of ether oxygens (including phenoxy) is 1. The highest BCUT2D eigenvalue weighted by Gasteiger charge is 2.14. The maximum atomic E-state index is 5.49. The first-order chi connectivity index (χ1) is 7.61. The van der Waals surface area contributed by atoms with E-state index in [1.54, 1.807) is 7.11 Å². The van der Waals surface area contributed by atoms with Crippen LogP contribution in [0.3, 0.4) is 0 Å². The number of benzene rings is 1. The van der Waals surface area contributed by atoms with Gasteiger partial charge in [-0.15, -0.1) is 0 Å². The van der Waals surface area contributed by atoms with Crippen LogP contribution in [-0.4, -0.2) is 13.7 Å². The number of hydrogen-bond acceptors (Lipinski definition) is 3. The van der Waals surface area contributed by atoms with Crippen molar-refractivity contribution < 1.29 is 9.57 Å². The predicted octanol–water partition coefficient (Wildman–Crippen LogP) is 2.56. The van der Waals surface area contributed by atoms with E-state index in [1.165, 1.54) is 16.7 Å². The minimum atomic E-state index is 0.433. The van der Waals surface area contributed by atoms with Gasteiger partial charge in [0.05, 0.1) is 13.7 Å². The van der Waals surface area contributed by atoms with Gasteiger partial charge in [0.1, 0.15) is 5.75 Å². The molecule has 0 spiro atoms. The van der Waals surface area contributed by atoms with Crippen LogP contribution in [-0.2, 0) is 11.3 Å². The van der Waals surface area contributed by atoms with Gasteiger partial charge in [0.2, 0.25) is 0 Å². The molecular weight excluding hydrogens is 202 g/mol. The van der Waals surface area contributed by atoms with Gasteiger partial charge in [-0.3, -0.25) is 0 Å². The van der Waals surface area contributed by atoms with E-state index in [-0.39, 0.29) is 0 Å². The van der Waals surface area contributed by atoms with Crippen molar-refractivity contribution in [2.75, 3.05) is 13.7 Å². The van der Waals surface area contributed by atoms with Gasteiger partial charge in [0.25, 0.3) is 0 Å². The summed E-state index contributed by atoms with van der Waals surface area (Å²) in [6, 6.07) is 4.21. The lowest BCUT2D eigenvalue weighted by Gasteiger charge is -2.18. The Bertz CT molecular complexity index is 348. The van der Waals surface area contributed by atoms with Crippen LogP contribution in [0.25, 0.3) is 0 Å². The summed E-state index contributed by atoms with van der Waals surface area (Å²) in [4.78, 5) is 4.64. The largest absolute Gasteiger partial charge is 0.496 e. The summed E-state index contributed by atoms with van der Waals surface area (Å²) in [5, 5.41) is 0. The number of hydrogen-bond donors (Lipinski definition) is 1. The van der Waals surface area contributed by atoms with Crippen LogP contribution in [0.1, 0.15) is 36.5 Å². The Morgan fingerprint density at radius 2 is 2.00 bits per heavy atom. The van der Waals surface area contributed by atoms with Crippen LogP contribution in [0, 0.1) is 6.92 Å². The van der Waals surface area contributed by atoms with Gasteiger partial charge in [-0.05, 0) is 30.4 Å².